The van der Waals surface area contributed by atoms with Crippen molar-refractivity contribution < 1.29 is 14.3 Å². The minimum atomic E-state index is -0.578. The van der Waals surface area contributed by atoms with E-state index in [9.17, 15) is 9.59 Å². The number of thioether (sulfide) groups is 1. The Bertz CT molecular complexity index is 737. The van der Waals surface area contributed by atoms with Gasteiger partial charge in [0.15, 0.2) is 0 Å². The van der Waals surface area contributed by atoms with E-state index < -0.39 is 6.04 Å². The average Bonchev–Trinajstić information content (AvgIpc) is 2.71. The fraction of sp³-hybridized carbons (Fsp3) is 0.333. The van der Waals surface area contributed by atoms with Crippen molar-refractivity contribution in [2.75, 3.05) is 25.7 Å². The summed E-state index contributed by atoms with van der Waals surface area (Å²) < 4.78 is 5.24. The van der Waals surface area contributed by atoms with Crippen LogP contribution in [0, 0.1) is 0 Å². The Hall–Kier alpha value is -2.47. The molecule has 6 heteroatoms. The molecule has 0 radical (unpaired) electrons. The van der Waals surface area contributed by atoms with E-state index in [1.54, 1.807) is 36.0 Å². The minimum Gasteiger partial charge on any atom is -0.496 e. The largest absolute Gasteiger partial charge is 0.496 e. The van der Waals surface area contributed by atoms with E-state index in [0.717, 1.165) is 17.7 Å². The summed E-state index contributed by atoms with van der Waals surface area (Å²) in [5, 5.41) is 5.78. The summed E-state index contributed by atoms with van der Waals surface area (Å²) in [6.45, 7) is 0.531. The van der Waals surface area contributed by atoms with Gasteiger partial charge in [0.05, 0.1) is 12.7 Å². The Kier molecular flexibility index (Phi) is 8.71. The molecule has 2 aromatic rings. The van der Waals surface area contributed by atoms with Crippen LogP contribution < -0.4 is 15.4 Å². The molecule has 0 aromatic heterocycles. The van der Waals surface area contributed by atoms with Crippen LogP contribution in [0.2, 0.25) is 0 Å². The highest BCUT2D eigenvalue weighted by Crippen LogP contribution is 2.17. The summed E-state index contributed by atoms with van der Waals surface area (Å²) in [6, 6.07) is 16.4. The van der Waals surface area contributed by atoms with Crippen molar-refractivity contribution >= 4 is 23.6 Å². The van der Waals surface area contributed by atoms with Gasteiger partial charge < -0.3 is 15.4 Å². The van der Waals surface area contributed by atoms with Crippen LogP contribution >= 0.6 is 11.8 Å². The van der Waals surface area contributed by atoms with Crippen LogP contribution in [0.5, 0.6) is 5.75 Å². The van der Waals surface area contributed by atoms with Crippen molar-refractivity contribution in [2.24, 2.45) is 0 Å². The summed E-state index contributed by atoms with van der Waals surface area (Å²) >= 11 is 1.64. The number of methoxy groups -OCH3 is 1. The molecule has 1 unspecified atom stereocenters. The number of hydrogen-bond donors (Lipinski definition) is 2. The van der Waals surface area contributed by atoms with Crippen LogP contribution in [0.4, 0.5) is 0 Å². The van der Waals surface area contributed by atoms with Gasteiger partial charge in [-0.2, -0.15) is 11.8 Å². The number of hydrogen-bond acceptors (Lipinski definition) is 4. The molecule has 2 amide bonds. The zero-order valence-corrected chi connectivity index (χ0v) is 16.6. The first-order chi connectivity index (χ1) is 13.2. The van der Waals surface area contributed by atoms with Gasteiger partial charge in [-0.05, 0) is 42.5 Å². The molecule has 0 aliphatic carbocycles. The molecule has 0 heterocycles. The van der Waals surface area contributed by atoms with E-state index in [4.69, 9.17) is 4.74 Å². The Balaban J connectivity index is 1.96. The Morgan fingerprint density at radius 2 is 1.78 bits per heavy atom. The van der Waals surface area contributed by atoms with E-state index >= 15 is 0 Å². The lowest BCUT2D eigenvalue weighted by molar-refractivity contribution is -0.122. The molecule has 27 heavy (non-hydrogen) atoms. The number of benzene rings is 2. The van der Waals surface area contributed by atoms with Crippen molar-refractivity contribution in [2.45, 2.75) is 18.9 Å². The third-order valence-electron chi connectivity index (χ3n) is 4.14. The lowest BCUT2D eigenvalue weighted by Gasteiger charge is -2.19. The first-order valence-corrected chi connectivity index (χ1v) is 10.3. The van der Waals surface area contributed by atoms with Gasteiger partial charge in [0.1, 0.15) is 11.8 Å². The number of carbonyl (C=O) groups is 2. The summed E-state index contributed by atoms with van der Waals surface area (Å²) in [7, 11) is 1.52. The fourth-order valence-corrected chi connectivity index (χ4v) is 3.14. The van der Waals surface area contributed by atoms with E-state index in [1.807, 2.05) is 36.6 Å². The monoisotopic (exact) mass is 386 g/mol. The quantitative estimate of drug-likeness (QED) is 0.659. The fourth-order valence-electron chi connectivity index (χ4n) is 2.67. The Morgan fingerprint density at radius 3 is 2.48 bits per heavy atom. The molecule has 5 nitrogen and oxygen atoms in total. The van der Waals surface area contributed by atoms with Gasteiger partial charge in [0, 0.05) is 6.54 Å². The van der Waals surface area contributed by atoms with Gasteiger partial charge >= 0.3 is 0 Å². The maximum absolute atomic E-state index is 12.6. The summed E-state index contributed by atoms with van der Waals surface area (Å²) in [5.41, 5.74) is 1.59. The zero-order chi connectivity index (χ0) is 19.5. The van der Waals surface area contributed by atoms with Crippen molar-refractivity contribution in [1.29, 1.82) is 0 Å². The second-order valence-electron chi connectivity index (χ2n) is 6.03. The molecule has 0 aliphatic rings. The van der Waals surface area contributed by atoms with Gasteiger partial charge in [-0.3, -0.25) is 9.59 Å². The topological polar surface area (TPSA) is 67.4 Å². The molecule has 2 rings (SSSR count). The van der Waals surface area contributed by atoms with Crippen LogP contribution in [-0.2, 0) is 11.2 Å². The van der Waals surface area contributed by atoms with Gasteiger partial charge in [0.25, 0.3) is 5.91 Å². The van der Waals surface area contributed by atoms with E-state index in [-0.39, 0.29) is 11.8 Å². The van der Waals surface area contributed by atoms with E-state index in [1.165, 1.54) is 7.11 Å². The number of nitrogens with one attached hydrogen (secondary N) is 2. The molecule has 0 saturated heterocycles. The number of para-hydroxylation sites is 1. The highest BCUT2D eigenvalue weighted by molar-refractivity contribution is 7.98. The second kappa shape index (κ2) is 11.3. The highest BCUT2D eigenvalue weighted by Gasteiger charge is 2.22. The summed E-state index contributed by atoms with van der Waals surface area (Å²) in [6.07, 6.45) is 3.30. The van der Waals surface area contributed by atoms with E-state index in [2.05, 4.69) is 10.6 Å². The second-order valence-corrected chi connectivity index (χ2v) is 7.02. The number of rotatable bonds is 10. The average molecular weight is 387 g/mol. The van der Waals surface area contributed by atoms with Crippen molar-refractivity contribution in [3.63, 3.8) is 0 Å². The van der Waals surface area contributed by atoms with Crippen LogP contribution in [0.3, 0.4) is 0 Å². The molecular weight excluding hydrogens is 360 g/mol. The van der Waals surface area contributed by atoms with E-state index in [0.29, 0.717) is 24.3 Å². The first-order valence-electron chi connectivity index (χ1n) is 8.90. The molecule has 0 bridgehead atoms. The zero-order valence-electron chi connectivity index (χ0n) is 15.7. The van der Waals surface area contributed by atoms with Gasteiger partial charge in [0.2, 0.25) is 5.91 Å². The smallest absolute Gasteiger partial charge is 0.255 e. The summed E-state index contributed by atoms with van der Waals surface area (Å²) in [4.78, 5) is 25.2. The molecule has 0 fully saturated rings. The molecule has 144 valence electrons. The van der Waals surface area contributed by atoms with Gasteiger partial charge in [-0.15, -0.1) is 0 Å². The van der Waals surface area contributed by atoms with Crippen molar-refractivity contribution in [1.82, 2.24) is 10.6 Å². The molecule has 0 spiro atoms. The SMILES string of the molecule is COc1ccccc1C(=O)NC(CCSC)C(=O)NCCc1ccccc1. The van der Waals surface area contributed by atoms with Crippen molar-refractivity contribution in [3.05, 3.63) is 65.7 Å². The minimum absolute atomic E-state index is 0.164. The lowest BCUT2D eigenvalue weighted by atomic mass is 10.1. The third-order valence-corrected chi connectivity index (χ3v) is 4.78. The molecule has 1 atom stereocenters. The van der Waals surface area contributed by atoms with Gasteiger partial charge in [-0.1, -0.05) is 42.5 Å². The molecular formula is C21H26N2O3S. The standard InChI is InChI=1S/C21H26N2O3S/c1-26-19-11-7-6-10-17(19)20(24)23-18(13-15-27-2)21(25)22-14-12-16-8-4-3-5-9-16/h3-11,18H,12-15H2,1-2H3,(H,22,25)(H,23,24). The maximum atomic E-state index is 12.6. The predicted octanol–water partition coefficient (Wildman–Crippen LogP) is 2.91. The molecule has 0 aliphatic heterocycles. The first kappa shape index (κ1) is 20.8. The van der Waals surface area contributed by atoms with Crippen LogP contribution in [0.1, 0.15) is 22.3 Å². The third kappa shape index (κ3) is 6.64. The lowest BCUT2D eigenvalue weighted by Crippen LogP contribution is -2.47. The molecule has 2 N–H and O–H groups in total. The number of ether oxygens (including phenoxy) is 1. The van der Waals surface area contributed by atoms with Crippen LogP contribution in [0.15, 0.2) is 54.6 Å². The summed E-state index contributed by atoms with van der Waals surface area (Å²) in [5.74, 6) is 0.797. The highest BCUT2D eigenvalue weighted by atomic mass is 32.2. The Labute approximate surface area is 164 Å². The Morgan fingerprint density at radius 1 is 1.07 bits per heavy atom. The van der Waals surface area contributed by atoms with Crippen LogP contribution in [0.25, 0.3) is 0 Å². The van der Waals surface area contributed by atoms with Crippen LogP contribution in [-0.4, -0.2) is 43.5 Å². The molecule has 0 saturated carbocycles. The predicted molar refractivity (Wildman–Crippen MR) is 110 cm³/mol. The number of carbonyl (C=O) groups excluding carboxylic acids is 2. The number of amides is 2. The normalized spacial score (nSPS) is 11.5. The van der Waals surface area contributed by atoms with Gasteiger partial charge in [-0.25, -0.2) is 0 Å². The molecule has 2 aromatic carbocycles. The maximum Gasteiger partial charge on any atom is 0.255 e. The van der Waals surface area contributed by atoms with Crippen molar-refractivity contribution in [3.8, 4) is 5.75 Å².